The van der Waals surface area contributed by atoms with Crippen molar-refractivity contribution in [1.82, 2.24) is 0 Å². The SMILES string of the molecule is CC(C)(O)c1ccc(CCCc2ccccc2)cc1. The molecule has 19 heavy (non-hydrogen) atoms. The average Bonchev–Trinajstić information content (AvgIpc) is 2.39. The molecule has 2 aromatic carbocycles. The highest BCUT2D eigenvalue weighted by Gasteiger charge is 2.14. The fourth-order valence-electron chi connectivity index (χ4n) is 2.22. The summed E-state index contributed by atoms with van der Waals surface area (Å²) in [7, 11) is 0. The van der Waals surface area contributed by atoms with Gasteiger partial charge in [-0.2, -0.15) is 0 Å². The van der Waals surface area contributed by atoms with Crippen molar-refractivity contribution in [1.29, 1.82) is 0 Å². The van der Waals surface area contributed by atoms with Gasteiger partial charge in [-0.1, -0.05) is 54.6 Å². The number of hydrogen-bond acceptors (Lipinski definition) is 1. The Hall–Kier alpha value is -1.60. The quantitative estimate of drug-likeness (QED) is 0.852. The van der Waals surface area contributed by atoms with Gasteiger partial charge in [-0.05, 0) is 49.8 Å². The number of hydrogen-bond donors (Lipinski definition) is 1. The molecule has 0 radical (unpaired) electrons. The summed E-state index contributed by atoms with van der Waals surface area (Å²) < 4.78 is 0. The van der Waals surface area contributed by atoms with E-state index in [-0.39, 0.29) is 0 Å². The monoisotopic (exact) mass is 254 g/mol. The van der Waals surface area contributed by atoms with E-state index in [1.807, 2.05) is 26.0 Å². The van der Waals surface area contributed by atoms with Crippen LogP contribution in [0.15, 0.2) is 54.6 Å². The van der Waals surface area contributed by atoms with Crippen molar-refractivity contribution in [2.24, 2.45) is 0 Å². The summed E-state index contributed by atoms with van der Waals surface area (Å²) in [5.74, 6) is 0. The third kappa shape index (κ3) is 4.22. The largest absolute Gasteiger partial charge is 0.386 e. The summed E-state index contributed by atoms with van der Waals surface area (Å²) in [5, 5.41) is 9.90. The molecule has 0 aliphatic heterocycles. The Labute approximate surface area is 115 Å². The highest BCUT2D eigenvalue weighted by atomic mass is 16.3. The molecular weight excluding hydrogens is 232 g/mol. The molecule has 0 unspecified atom stereocenters. The van der Waals surface area contributed by atoms with Crippen LogP contribution < -0.4 is 0 Å². The molecule has 0 aliphatic carbocycles. The van der Waals surface area contributed by atoms with Crippen LogP contribution in [0.4, 0.5) is 0 Å². The van der Waals surface area contributed by atoms with Crippen molar-refractivity contribution in [2.45, 2.75) is 38.7 Å². The number of benzene rings is 2. The molecule has 0 amide bonds. The van der Waals surface area contributed by atoms with Crippen LogP contribution in [0.5, 0.6) is 0 Å². The zero-order valence-corrected chi connectivity index (χ0v) is 11.8. The van der Waals surface area contributed by atoms with E-state index in [1.165, 1.54) is 11.1 Å². The van der Waals surface area contributed by atoms with Crippen LogP contribution >= 0.6 is 0 Å². The molecule has 0 bridgehead atoms. The van der Waals surface area contributed by atoms with Gasteiger partial charge in [0.05, 0.1) is 5.60 Å². The van der Waals surface area contributed by atoms with E-state index in [9.17, 15) is 5.11 Å². The molecule has 1 heteroatoms. The first-order chi connectivity index (χ1) is 9.05. The van der Waals surface area contributed by atoms with Crippen molar-refractivity contribution in [2.75, 3.05) is 0 Å². The van der Waals surface area contributed by atoms with Crippen LogP contribution in [0.25, 0.3) is 0 Å². The van der Waals surface area contributed by atoms with E-state index >= 15 is 0 Å². The summed E-state index contributed by atoms with van der Waals surface area (Å²) in [5.41, 5.74) is 2.96. The van der Waals surface area contributed by atoms with Gasteiger partial charge in [-0.3, -0.25) is 0 Å². The zero-order chi connectivity index (χ0) is 13.7. The average molecular weight is 254 g/mol. The van der Waals surface area contributed by atoms with Gasteiger partial charge in [-0.15, -0.1) is 0 Å². The van der Waals surface area contributed by atoms with Crippen LogP contribution in [0, 0.1) is 0 Å². The number of rotatable bonds is 5. The molecule has 2 rings (SSSR count). The molecule has 0 aliphatic rings. The highest BCUT2D eigenvalue weighted by molar-refractivity contribution is 5.26. The van der Waals surface area contributed by atoms with Crippen LogP contribution in [0.3, 0.4) is 0 Å². The van der Waals surface area contributed by atoms with Crippen molar-refractivity contribution in [3.8, 4) is 0 Å². The van der Waals surface area contributed by atoms with Crippen molar-refractivity contribution >= 4 is 0 Å². The van der Waals surface area contributed by atoms with Gasteiger partial charge in [0.15, 0.2) is 0 Å². The Balaban J connectivity index is 1.87. The first kappa shape index (κ1) is 13.8. The van der Waals surface area contributed by atoms with Gasteiger partial charge in [0.2, 0.25) is 0 Å². The normalized spacial score (nSPS) is 11.5. The topological polar surface area (TPSA) is 20.2 Å². The zero-order valence-electron chi connectivity index (χ0n) is 11.8. The third-order valence-electron chi connectivity index (χ3n) is 3.43. The van der Waals surface area contributed by atoms with Crippen molar-refractivity contribution < 1.29 is 5.11 Å². The van der Waals surface area contributed by atoms with Crippen molar-refractivity contribution in [3.63, 3.8) is 0 Å². The van der Waals surface area contributed by atoms with Gasteiger partial charge in [0.1, 0.15) is 0 Å². The van der Waals surface area contributed by atoms with Gasteiger partial charge in [-0.25, -0.2) is 0 Å². The second-order valence-electron chi connectivity index (χ2n) is 5.60. The van der Waals surface area contributed by atoms with Gasteiger partial charge < -0.3 is 5.11 Å². The molecule has 0 aromatic heterocycles. The number of aryl methyl sites for hydroxylation is 2. The molecule has 100 valence electrons. The molecule has 1 N–H and O–H groups in total. The summed E-state index contributed by atoms with van der Waals surface area (Å²) in [4.78, 5) is 0. The summed E-state index contributed by atoms with van der Waals surface area (Å²) in [6.07, 6.45) is 3.36. The van der Waals surface area contributed by atoms with E-state index < -0.39 is 5.60 Å². The van der Waals surface area contributed by atoms with E-state index in [0.29, 0.717) is 0 Å². The second-order valence-corrected chi connectivity index (χ2v) is 5.60. The maximum absolute atomic E-state index is 9.90. The standard InChI is InChI=1S/C18H22O/c1-18(2,19)17-13-11-16(12-14-17)10-6-9-15-7-4-3-5-8-15/h3-5,7-8,11-14,19H,6,9-10H2,1-2H3. The van der Waals surface area contributed by atoms with Crippen LogP contribution in [-0.2, 0) is 18.4 Å². The van der Waals surface area contributed by atoms with Gasteiger partial charge >= 0.3 is 0 Å². The molecule has 0 saturated heterocycles. The van der Waals surface area contributed by atoms with Crippen LogP contribution in [0.1, 0.15) is 37.0 Å². The highest BCUT2D eigenvalue weighted by Crippen LogP contribution is 2.20. The predicted octanol–water partition coefficient (Wildman–Crippen LogP) is 4.09. The lowest BCUT2D eigenvalue weighted by Crippen LogP contribution is -2.15. The molecule has 0 spiro atoms. The minimum absolute atomic E-state index is 0.747. The van der Waals surface area contributed by atoms with Gasteiger partial charge in [0.25, 0.3) is 0 Å². The predicted molar refractivity (Wildman–Crippen MR) is 80.2 cm³/mol. The first-order valence-corrected chi connectivity index (χ1v) is 6.91. The maximum Gasteiger partial charge on any atom is 0.0840 e. The van der Waals surface area contributed by atoms with E-state index in [2.05, 4.69) is 42.5 Å². The van der Waals surface area contributed by atoms with E-state index in [4.69, 9.17) is 0 Å². The summed E-state index contributed by atoms with van der Waals surface area (Å²) in [6.45, 7) is 3.63. The lowest BCUT2D eigenvalue weighted by Gasteiger charge is -2.17. The molecular formula is C18H22O. The fourth-order valence-corrected chi connectivity index (χ4v) is 2.22. The van der Waals surface area contributed by atoms with Crippen LogP contribution in [0.2, 0.25) is 0 Å². The smallest absolute Gasteiger partial charge is 0.0840 e. The Morgan fingerprint density at radius 2 is 1.32 bits per heavy atom. The molecule has 0 saturated carbocycles. The Morgan fingerprint density at radius 1 is 0.789 bits per heavy atom. The van der Waals surface area contributed by atoms with Crippen LogP contribution in [-0.4, -0.2) is 5.11 Å². The van der Waals surface area contributed by atoms with E-state index in [0.717, 1.165) is 24.8 Å². The molecule has 0 heterocycles. The summed E-state index contributed by atoms with van der Waals surface area (Å²) >= 11 is 0. The molecule has 1 nitrogen and oxygen atoms in total. The minimum atomic E-state index is -0.747. The van der Waals surface area contributed by atoms with E-state index in [1.54, 1.807) is 0 Å². The number of aliphatic hydroxyl groups is 1. The lowest BCUT2D eigenvalue weighted by atomic mass is 9.96. The van der Waals surface area contributed by atoms with Gasteiger partial charge in [0, 0.05) is 0 Å². The molecule has 0 fully saturated rings. The molecule has 0 atom stereocenters. The first-order valence-electron chi connectivity index (χ1n) is 6.91. The maximum atomic E-state index is 9.90. The Morgan fingerprint density at radius 3 is 1.84 bits per heavy atom. The second kappa shape index (κ2) is 6.03. The lowest BCUT2D eigenvalue weighted by molar-refractivity contribution is 0.0786. The summed E-state index contributed by atoms with van der Waals surface area (Å²) in [6, 6.07) is 18.9. The van der Waals surface area contributed by atoms with Crippen molar-refractivity contribution in [3.05, 3.63) is 71.3 Å². The minimum Gasteiger partial charge on any atom is -0.386 e. The molecule has 2 aromatic rings. The Kier molecular flexibility index (Phi) is 4.39. The Bertz CT molecular complexity index is 491. The fraction of sp³-hybridized carbons (Fsp3) is 0.333. The third-order valence-corrected chi connectivity index (χ3v) is 3.43.